The van der Waals surface area contributed by atoms with Crippen molar-refractivity contribution in [2.45, 2.75) is 178 Å². The van der Waals surface area contributed by atoms with Crippen LogP contribution in [0.2, 0.25) is 25.7 Å². The van der Waals surface area contributed by atoms with Crippen molar-refractivity contribution in [3.63, 3.8) is 0 Å². The van der Waals surface area contributed by atoms with E-state index in [1.54, 1.807) is 0 Å². The van der Waals surface area contributed by atoms with Gasteiger partial charge in [-0.25, -0.2) is 0 Å². The molecule has 4 heterocycles. The third kappa shape index (κ3) is 15.1. The Kier molecular flexibility index (Phi) is 19.2. The van der Waals surface area contributed by atoms with Crippen LogP contribution < -0.4 is 5.32 Å². The van der Waals surface area contributed by atoms with Gasteiger partial charge in [-0.3, -0.25) is 33.6 Å². The van der Waals surface area contributed by atoms with E-state index in [0.29, 0.717) is 6.04 Å². The third-order valence-corrected chi connectivity index (χ3v) is 12.2. The number of rotatable bonds is 18. The molecular weight excluding hydrogens is 891 g/mol. The molecule has 9 unspecified atom stereocenters. The fourth-order valence-corrected chi connectivity index (χ4v) is 8.54. The highest BCUT2D eigenvalue weighted by atomic mass is 28.3. The van der Waals surface area contributed by atoms with Crippen molar-refractivity contribution in [2.75, 3.05) is 33.0 Å². The summed E-state index contributed by atoms with van der Waals surface area (Å²) >= 11 is 0. The number of aliphatic hydroxyl groups is 3. The van der Waals surface area contributed by atoms with Gasteiger partial charge in [0.05, 0.1) is 12.6 Å². The molecule has 0 aromatic heterocycles. The fraction of sp³-hybridized carbons (Fsp3) is 0.825. The fourth-order valence-electron chi connectivity index (χ4n) is 7.81. The maximum atomic E-state index is 12.7. The first-order valence-corrected chi connectivity index (χ1v) is 24.8. The predicted molar refractivity (Wildman–Crippen MR) is 215 cm³/mol. The molecule has 4 saturated heterocycles. The summed E-state index contributed by atoms with van der Waals surface area (Å²) in [7, 11) is -1.58. The molecule has 4 rings (SSSR count). The summed E-state index contributed by atoms with van der Waals surface area (Å²) < 4.78 is 76.8. The highest BCUT2D eigenvalue weighted by Gasteiger charge is 2.63. The summed E-state index contributed by atoms with van der Waals surface area (Å²) in [5.74, 6) is -7.87. The number of nitrogens with one attached hydrogen (secondary N) is 1. The van der Waals surface area contributed by atoms with Crippen LogP contribution in [0.25, 0.3) is 0 Å². The highest BCUT2D eigenvalue weighted by molar-refractivity contribution is 6.76. The lowest BCUT2D eigenvalue weighted by atomic mass is 9.87. The Bertz CT molecular complexity index is 1690. The van der Waals surface area contributed by atoms with Crippen LogP contribution in [-0.4, -0.2) is 196 Å². The second kappa shape index (κ2) is 23.2. The van der Waals surface area contributed by atoms with E-state index in [2.05, 4.69) is 25.0 Å². The van der Waals surface area contributed by atoms with Crippen molar-refractivity contribution in [1.82, 2.24) is 5.32 Å². The van der Waals surface area contributed by atoms with Gasteiger partial charge in [0.25, 0.3) is 0 Å². The second-order valence-electron chi connectivity index (χ2n) is 17.4. The largest absolute Gasteiger partial charge is 0.463 e. The van der Waals surface area contributed by atoms with Gasteiger partial charge in [0.2, 0.25) is 5.91 Å². The smallest absolute Gasteiger partial charge is 0.303 e. The molecule has 4 fully saturated rings. The number of carbonyl (C=O) groups excluding carboxylic acids is 7. The Morgan fingerprint density at radius 1 is 0.738 bits per heavy atom. The molecule has 16 atom stereocenters. The number of hydrogen-bond acceptors (Lipinski definition) is 23. The Hall–Kier alpha value is -3.89. The quantitative estimate of drug-likeness (QED) is 0.0691. The zero-order valence-electron chi connectivity index (χ0n) is 38.1. The van der Waals surface area contributed by atoms with E-state index in [-0.39, 0.29) is 6.61 Å². The normalized spacial score (nSPS) is 34.4. The Morgan fingerprint density at radius 2 is 1.37 bits per heavy atom. The molecule has 370 valence electrons. The van der Waals surface area contributed by atoms with Crippen LogP contribution in [0, 0.1) is 0 Å². The Balaban J connectivity index is 1.80. The van der Waals surface area contributed by atoms with Gasteiger partial charge < -0.3 is 82.2 Å². The minimum absolute atomic E-state index is 0.205. The standard InChI is InChI=1S/C40H63NO23Si/c1-18(43)41-29-25(56-21(4)46)13-40(63-35(29)33(58-23(6)48)27(57-22(5)47)15-53-19(2)44)17-55-37-36(64-40)34(59-24(7)49)28(16-54-20(3)45)61-39(37)62-32-26(14-42)60-38(31(51)30(32)50)52-11-12-65(8,9)10/h25-39,42,50-51H,11-17H2,1-10H3,(H,41,43)/t25?,26-,27+,28?,29?,30-,31-,32-,33+,34?,35?,36?,37?,38-,39?,40?/m1/s1. The van der Waals surface area contributed by atoms with E-state index in [0.717, 1.165) is 48.5 Å². The molecule has 24 nitrogen and oxygen atoms in total. The van der Waals surface area contributed by atoms with E-state index in [9.17, 15) is 48.9 Å². The minimum Gasteiger partial charge on any atom is -0.463 e. The van der Waals surface area contributed by atoms with Gasteiger partial charge in [0.15, 0.2) is 36.7 Å². The lowest BCUT2D eigenvalue weighted by molar-refractivity contribution is -0.433. The van der Waals surface area contributed by atoms with Crippen LogP contribution in [0.5, 0.6) is 0 Å². The molecule has 0 bridgehead atoms. The predicted octanol–water partition coefficient (Wildman–Crippen LogP) is -1.48. The van der Waals surface area contributed by atoms with Gasteiger partial charge in [0.1, 0.15) is 74.8 Å². The lowest BCUT2D eigenvalue weighted by Gasteiger charge is -2.56. The molecule has 0 aromatic carbocycles. The van der Waals surface area contributed by atoms with Gasteiger partial charge in [-0.15, -0.1) is 0 Å². The SMILES string of the molecule is CC(=O)NC1C(OC(C)=O)CC2(COC3C(O[C@H]4[C@H](O)[C@@H](O)[C@H](OCC[Si](C)(C)C)O[C@@H]4CO)OC(COC(C)=O)C(OC(C)=O)C3O2)OC1[C@@H](OC(C)=O)[C@H](COC(C)=O)OC(C)=O. The van der Waals surface area contributed by atoms with Crippen LogP contribution in [0.3, 0.4) is 0 Å². The van der Waals surface area contributed by atoms with E-state index >= 15 is 0 Å². The average molecular weight is 954 g/mol. The zero-order valence-corrected chi connectivity index (χ0v) is 39.1. The maximum Gasteiger partial charge on any atom is 0.303 e. The molecule has 0 saturated carbocycles. The van der Waals surface area contributed by atoms with Crippen molar-refractivity contribution in [3.05, 3.63) is 0 Å². The molecule has 0 aliphatic carbocycles. The van der Waals surface area contributed by atoms with E-state index in [1.165, 1.54) is 0 Å². The molecule has 1 amide bonds. The summed E-state index contributed by atoms with van der Waals surface area (Å²) in [6, 6.07) is -0.677. The summed E-state index contributed by atoms with van der Waals surface area (Å²) in [5.41, 5.74) is 0. The van der Waals surface area contributed by atoms with Crippen molar-refractivity contribution in [3.8, 4) is 0 Å². The molecular formula is C40H63NO23Si. The van der Waals surface area contributed by atoms with Crippen LogP contribution in [-0.2, 0) is 95.1 Å². The van der Waals surface area contributed by atoms with Gasteiger partial charge in [-0.05, 0) is 6.04 Å². The minimum atomic E-state index is -2.11. The first-order valence-electron chi connectivity index (χ1n) is 21.1. The maximum absolute atomic E-state index is 12.7. The van der Waals surface area contributed by atoms with E-state index < -0.39 is 180 Å². The molecule has 65 heavy (non-hydrogen) atoms. The zero-order chi connectivity index (χ0) is 48.6. The monoisotopic (exact) mass is 953 g/mol. The number of esters is 6. The van der Waals surface area contributed by atoms with Crippen LogP contribution in [0.1, 0.15) is 54.9 Å². The topological polar surface area (TPSA) is 312 Å². The third-order valence-electron chi connectivity index (χ3n) is 10.5. The van der Waals surface area contributed by atoms with Gasteiger partial charge in [-0.1, -0.05) is 19.6 Å². The molecule has 0 radical (unpaired) electrons. The number of hydrogen-bond donors (Lipinski definition) is 4. The van der Waals surface area contributed by atoms with Crippen molar-refractivity contribution < 1.29 is 110 Å². The number of carbonyl (C=O) groups is 7. The van der Waals surface area contributed by atoms with Crippen LogP contribution in [0.15, 0.2) is 0 Å². The first kappa shape index (κ1) is 53.7. The van der Waals surface area contributed by atoms with Crippen LogP contribution in [0.4, 0.5) is 0 Å². The van der Waals surface area contributed by atoms with Gasteiger partial charge >= 0.3 is 35.8 Å². The molecule has 4 aliphatic rings. The molecule has 4 aliphatic heterocycles. The van der Waals surface area contributed by atoms with Crippen molar-refractivity contribution in [2.24, 2.45) is 0 Å². The molecule has 1 spiro atoms. The van der Waals surface area contributed by atoms with Crippen molar-refractivity contribution in [1.29, 1.82) is 0 Å². The molecule has 25 heteroatoms. The van der Waals surface area contributed by atoms with Gasteiger partial charge in [0, 0.05) is 69.6 Å². The van der Waals surface area contributed by atoms with E-state index in [1.807, 2.05) is 0 Å². The van der Waals surface area contributed by atoms with Crippen LogP contribution >= 0.6 is 0 Å². The number of fused-ring (bicyclic) bond motifs is 1. The summed E-state index contributed by atoms with van der Waals surface area (Å²) in [6.45, 7) is 11.5. The first-order chi connectivity index (χ1) is 30.3. The Morgan fingerprint density at radius 3 is 1.92 bits per heavy atom. The number of aliphatic hydroxyl groups excluding tert-OH is 3. The highest BCUT2D eigenvalue weighted by Crippen LogP contribution is 2.44. The second-order valence-corrected chi connectivity index (χ2v) is 23.0. The lowest BCUT2D eigenvalue weighted by Crippen LogP contribution is -2.74. The summed E-state index contributed by atoms with van der Waals surface area (Å²) in [6.07, 6.45) is -21.9. The summed E-state index contributed by atoms with van der Waals surface area (Å²) in [4.78, 5) is 87.3. The van der Waals surface area contributed by atoms with E-state index in [4.69, 9.17) is 61.6 Å². The van der Waals surface area contributed by atoms with Gasteiger partial charge in [-0.2, -0.15) is 0 Å². The molecule has 0 aromatic rings. The van der Waals surface area contributed by atoms with Crippen molar-refractivity contribution >= 4 is 49.8 Å². The average Bonchev–Trinajstić information content (AvgIpc) is 3.18. The Labute approximate surface area is 376 Å². The summed E-state index contributed by atoms with van der Waals surface area (Å²) in [5, 5.41) is 35.6. The number of amides is 1. The molecule has 4 N–H and O–H groups in total. The number of ether oxygens (including phenoxy) is 13.